The van der Waals surface area contributed by atoms with E-state index >= 15 is 0 Å². The number of halogens is 1. The second kappa shape index (κ2) is 6.57. The van der Waals surface area contributed by atoms with Crippen molar-refractivity contribution in [1.82, 2.24) is 4.98 Å². The van der Waals surface area contributed by atoms with Gasteiger partial charge < -0.3 is 4.42 Å². The maximum atomic E-state index is 11.1. The van der Waals surface area contributed by atoms with Crippen LogP contribution in [-0.4, -0.2) is 16.5 Å². The lowest BCUT2D eigenvalue weighted by atomic mass is 10.1. The molecule has 0 radical (unpaired) electrons. The molecule has 0 unspecified atom stereocenters. The van der Waals surface area contributed by atoms with Gasteiger partial charge in [0.25, 0.3) is 0 Å². The van der Waals surface area contributed by atoms with E-state index in [1.165, 1.54) is 18.7 Å². The number of benzene rings is 1. The summed E-state index contributed by atoms with van der Waals surface area (Å²) in [6, 6.07) is 11.6. The Morgan fingerprint density at radius 3 is 2.96 bits per heavy atom. The topological polar surface area (TPSA) is 66.9 Å². The Hall–Kier alpha value is -2.10. The molecular weight excluding hydrogens is 376 g/mol. The minimum atomic E-state index is 0.0487. The number of aromatic nitrogens is 1. The number of carbonyl (C=O) groups excluding carboxylic acids is 1. The molecule has 0 aliphatic rings. The zero-order chi connectivity index (χ0) is 16.4. The Morgan fingerprint density at radius 2 is 2.22 bits per heavy atom. The highest BCUT2D eigenvalue weighted by atomic mass is 79.9. The Balaban J connectivity index is 1.98. The molecular formula is C17H11BrN2O2S. The highest BCUT2D eigenvalue weighted by Crippen LogP contribution is 2.31. The molecule has 0 bridgehead atoms. The van der Waals surface area contributed by atoms with E-state index in [0.717, 1.165) is 21.0 Å². The van der Waals surface area contributed by atoms with Crippen LogP contribution >= 0.6 is 27.7 Å². The van der Waals surface area contributed by atoms with E-state index in [0.29, 0.717) is 22.1 Å². The minimum absolute atomic E-state index is 0.0487. The number of fused-ring (bicyclic) bond motifs is 1. The third-order valence-electron chi connectivity index (χ3n) is 3.15. The standard InChI is InChI=1S/C17H11BrN2O2S/c1-10(21)9-23-17-12(7-19)4-13(8-20-17)16-6-11-5-14(18)2-3-15(11)22-16/h2-6,8H,9H2,1H3. The van der Waals surface area contributed by atoms with Crippen molar-refractivity contribution in [2.45, 2.75) is 11.9 Å². The second-order valence-corrected chi connectivity index (χ2v) is 6.85. The van der Waals surface area contributed by atoms with Crippen LogP contribution in [0.25, 0.3) is 22.3 Å². The van der Waals surface area contributed by atoms with Gasteiger partial charge in [-0.3, -0.25) is 4.79 Å². The smallest absolute Gasteiger partial charge is 0.140 e. The van der Waals surface area contributed by atoms with Gasteiger partial charge in [0.05, 0.1) is 11.3 Å². The molecule has 0 fully saturated rings. The summed E-state index contributed by atoms with van der Waals surface area (Å²) < 4.78 is 6.79. The highest BCUT2D eigenvalue weighted by molar-refractivity contribution is 9.10. The van der Waals surface area contributed by atoms with Gasteiger partial charge in [-0.15, -0.1) is 0 Å². The molecule has 0 saturated heterocycles. The summed E-state index contributed by atoms with van der Waals surface area (Å²) in [4.78, 5) is 15.4. The molecule has 0 spiro atoms. The molecule has 3 rings (SSSR count). The van der Waals surface area contributed by atoms with E-state index < -0.39 is 0 Å². The fourth-order valence-electron chi connectivity index (χ4n) is 2.11. The first-order chi connectivity index (χ1) is 11.1. The summed E-state index contributed by atoms with van der Waals surface area (Å²) >= 11 is 4.70. The lowest BCUT2D eigenvalue weighted by Gasteiger charge is -2.03. The maximum absolute atomic E-state index is 11.1. The number of hydrogen-bond donors (Lipinski definition) is 0. The number of ketones is 1. The van der Waals surface area contributed by atoms with Gasteiger partial charge in [0, 0.05) is 21.6 Å². The fourth-order valence-corrected chi connectivity index (χ4v) is 3.21. The predicted molar refractivity (Wildman–Crippen MR) is 93.3 cm³/mol. The summed E-state index contributed by atoms with van der Waals surface area (Å²) in [5.41, 5.74) is 1.95. The van der Waals surface area contributed by atoms with E-state index in [-0.39, 0.29) is 5.78 Å². The van der Waals surface area contributed by atoms with Crippen molar-refractivity contribution in [3.63, 3.8) is 0 Å². The number of rotatable bonds is 4. The third-order valence-corrected chi connectivity index (χ3v) is 4.79. The van der Waals surface area contributed by atoms with Gasteiger partial charge >= 0.3 is 0 Å². The number of thioether (sulfide) groups is 1. The first kappa shape index (κ1) is 15.8. The monoisotopic (exact) mass is 386 g/mol. The number of hydrogen-bond acceptors (Lipinski definition) is 5. The minimum Gasteiger partial charge on any atom is -0.456 e. The van der Waals surface area contributed by atoms with Gasteiger partial charge in [0.1, 0.15) is 28.2 Å². The molecule has 6 heteroatoms. The van der Waals surface area contributed by atoms with Crippen LogP contribution in [0.5, 0.6) is 0 Å². The number of nitrogens with zero attached hydrogens (tertiary/aromatic N) is 2. The predicted octanol–water partition coefficient (Wildman–Crippen LogP) is 4.81. The van der Waals surface area contributed by atoms with Gasteiger partial charge in [-0.05, 0) is 37.3 Å². The third kappa shape index (κ3) is 3.46. The average Bonchev–Trinajstić information content (AvgIpc) is 2.95. The van der Waals surface area contributed by atoms with Crippen LogP contribution in [0.1, 0.15) is 12.5 Å². The van der Waals surface area contributed by atoms with Gasteiger partial charge in [-0.25, -0.2) is 4.98 Å². The Labute approximate surface area is 145 Å². The molecule has 0 atom stereocenters. The molecule has 114 valence electrons. The lowest BCUT2D eigenvalue weighted by Crippen LogP contribution is -1.96. The molecule has 4 nitrogen and oxygen atoms in total. The van der Waals surface area contributed by atoms with Crippen molar-refractivity contribution in [3.8, 4) is 17.4 Å². The highest BCUT2D eigenvalue weighted by Gasteiger charge is 2.12. The molecule has 2 aromatic heterocycles. The molecule has 23 heavy (non-hydrogen) atoms. The van der Waals surface area contributed by atoms with Crippen LogP contribution in [0.15, 0.2) is 50.4 Å². The number of furan rings is 1. The number of Topliss-reactive ketones (excluding diaryl/α,β-unsaturated/α-hetero) is 1. The fraction of sp³-hybridized carbons (Fsp3) is 0.118. The van der Waals surface area contributed by atoms with Crippen LogP contribution in [0.4, 0.5) is 0 Å². The molecule has 0 aliphatic heterocycles. The molecule has 1 aromatic carbocycles. The molecule has 3 aromatic rings. The largest absolute Gasteiger partial charge is 0.456 e. The Bertz CT molecular complexity index is 943. The Morgan fingerprint density at radius 1 is 1.39 bits per heavy atom. The number of nitriles is 1. The van der Waals surface area contributed by atoms with Crippen LogP contribution in [0.2, 0.25) is 0 Å². The van der Waals surface area contributed by atoms with Crippen LogP contribution in [-0.2, 0) is 4.79 Å². The molecule has 0 saturated carbocycles. The maximum Gasteiger partial charge on any atom is 0.140 e. The van der Waals surface area contributed by atoms with Crippen molar-refractivity contribution in [1.29, 1.82) is 5.26 Å². The zero-order valence-corrected chi connectivity index (χ0v) is 14.6. The van der Waals surface area contributed by atoms with Gasteiger partial charge in [-0.1, -0.05) is 27.7 Å². The summed E-state index contributed by atoms with van der Waals surface area (Å²) in [7, 11) is 0. The van der Waals surface area contributed by atoms with Crippen LogP contribution in [0, 0.1) is 11.3 Å². The van der Waals surface area contributed by atoms with E-state index in [9.17, 15) is 10.1 Å². The van der Waals surface area contributed by atoms with Crippen molar-refractivity contribution in [2.75, 3.05) is 5.75 Å². The Kier molecular flexibility index (Phi) is 4.51. The number of carbonyl (C=O) groups is 1. The van der Waals surface area contributed by atoms with Gasteiger partial charge in [-0.2, -0.15) is 5.26 Å². The first-order valence-corrected chi connectivity index (χ1v) is 8.56. The molecule has 0 aliphatic carbocycles. The lowest BCUT2D eigenvalue weighted by molar-refractivity contribution is -0.114. The molecule has 0 N–H and O–H groups in total. The normalized spacial score (nSPS) is 10.7. The number of pyridine rings is 1. The van der Waals surface area contributed by atoms with E-state index in [4.69, 9.17) is 4.42 Å². The first-order valence-electron chi connectivity index (χ1n) is 6.78. The average molecular weight is 387 g/mol. The SMILES string of the molecule is CC(=O)CSc1ncc(-c2cc3cc(Br)ccc3o2)cc1C#N. The summed E-state index contributed by atoms with van der Waals surface area (Å²) in [5.74, 6) is 1.01. The zero-order valence-electron chi connectivity index (χ0n) is 12.2. The quantitative estimate of drug-likeness (QED) is 0.601. The van der Waals surface area contributed by atoms with E-state index in [1.807, 2.05) is 24.3 Å². The molecule has 2 heterocycles. The summed E-state index contributed by atoms with van der Waals surface area (Å²) in [6.07, 6.45) is 1.66. The van der Waals surface area contributed by atoms with Crippen molar-refractivity contribution >= 4 is 44.4 Å². The van der Waals surface area contributed by atoms with Gasteiger partial charge in [0.15, 0.2) is 0 Å². The summed E-state index contributed by atoms with van der Waals surface area (Å²) in [6.45, 7) is 1.51. The van der Waals surface area contributed by atoms with Crippen molar-refractivity contribution in [3.05, 3.63) is 46.6 Å². The van der Waals surface area contributed by atoms with Crippen molar-refractivity contribution in [2.24, 2.45) is 0 Å². The molecule has 0 amide bonds. The van der Waals surface area contributed by atoms with Crippen LogP contribution < -0.4 is 0 Å². The van der Waals surface area contributed by atoms with Gasteiger partial charge in [0.2, 0.25) is 0 Å². The van der Waals surface area contributed by atoms with E-state index in [1.54, 1.807) is 12.3 Å². The van der Waals surface area contributed by atoms with E-state index in [2.05, 4.69) is 27.0 Å². The second-order valence-electron chi connectivity index (χ2n) is 4.97. The van der Waals surface area contributed by atoms with Crippen molar-refractivity contribution < 1.29 is 9.21 Å². The van der Waals surface area contributed by atoms with Crippen LogP contribution in [0.3, 0.4) is 0 Å². The summed E-state index contributed by atoms with van der Waals surface area (Å²) in [5, 5.41) is 10.8.